The van der Waals surface area contributed by atoms with E-state index in [0.717, 1.165) is 11.1 Å². The number of hydrogen-bond acceptors (Lipinski definition) is 5. The minimum atomic E-state index is -0.282. The molecule has 3 aromatic carbocycles. The number of nitrogens with zero attached hydrogens (tertiary/aromatic N) is 3. The fraction of sp³-hybridized carbons (Fsp3) is 0.0833. The molecule has 1 aromatic heterocycles. The van der Waals surface area contributed by atoms with Crippen molar-refractivity contribution in [2.75, 3.05) is 5.75 Å². The second-order valence-corrected chi connectivity index (χ2v) is 7.83. The van der Waals surface area contributed by atoms with Crippen molar-refractivity contribution in [3.05, 3.63) is 100 Å². The number of amides is 1. The summed E-state index contributed by atoms with van der Waals surface area (Å²) in [5, 5.41) is 4.98. The van der Waals surface area contributed by atoms with Crippen LogP contribution in [0.25, 0.3) is 16.6 Å². The molecule has 0 bridgehead atoms. The van der Waals surface area contributed by atoms with Gasteiger partial charge >= 0.3 is 0 Å². The van der Waals surface area contributed by atoms with Crippen LogP contribution in [0.2, 0.25) is 0 Å². The molecule has 0 unspecified atom stereocenters. The van der Waals surface area contributed by atoms with Gasteiger partial charge in [-0.3, -0.25) is 14.2 Å². The highest BCUT2D eigenvalue weighted by molar-refractivity contribution is 7.99. The summed E-state index contributed by atoms with van der Waals surface area (Å²) >= 11 is 1.20. The molecule has 4 aromatic rings. The second-order valence-electron chi connectivity index (χ2n) is 6.88. The van der Waals surface area contributed by atoms with Gasteiger partial charge in [0, 0.05) is 0 Å². The number of carbonyl (C=O) groups is 1. The van der Waals surface area contributed by atoms with Crippen LogP contribution in [0.15, 0.2) is 93.9 Å². The van der Waals surface area contributed by atoms with E-state index in [9.17, 15) is 9.59 Å². The van der Waals surface area contributed by atoms with Crippen molar-refractivity contribution in [3.63, 3.8) is 0 Å². The van der Waals surface area contributed by atoms with Gasteiger partial charge in [0.05, 0.1) is 28.6 Å². The van der Waals surface area contributed by atoms with Gasteiger partial charge in [0.1, 0.15) is 0 Å². The number of hydrogen-bond donors (Lipinski definition) is 1. The van der Waals surface area contributed by atoms with Crippen molar-refractivity contribution in [2.45, 2.75) is 12.1 Å². The minimum Gasteiger partial charge on any atom is -0.272 e. The van der Waals surface area contributed by atoms with E-state index in [1.807, 2.05) is 85.8 Å². The van der Waals surface area contributed by atoms with Gasteiger partial charge in [0.15, 0.2) is 5.16 Å². The van der Waals surface area contributed by atoms with Crippen LogP contribution in [0.4, 0.5) is 0 Å². The standard InChI is InChI=1S/C24H20N4O2S/c1-17-12-13-21-20(14-17)23(30)28(19-10-6-3-7-11-19)24(26-21)31-16-22(29)27-25-15-18-8-4-2-5-9-18/h2-15H,16H2,1H3,(H,27,29)/b25-15+. The Labute approximate surface area is 183 Å². The van der Waals surface area contributed by atoms with E-state index < -0.39 is 0 Å². The monoisotopic (exact) mass is 428 g/mol. The number of nitrogens with one attached hydrogen (secondary N) is 1. The Morgan fingerprint density at radius 3 is 2.52 bits per heavy atom. The van der Waals surface area contributed by atoms with E-state index in [1.165, 1.54) is 11.8 Å². The SMILES string of the molecule is Cc1ccc2nc(SCC(=O)N/N=C/c3ccccc3)n(-c3ccccc3)c(=O)c2c1. The van der Waals surface area contributed by atoms with Gasteiger partial charge in [-0.25, -0.2) is 10.4 Å². The third-order valence-corrected chi connectivity index (χ3v) is 5.48. The first-order valence-corrected chi connectivity index (χ1v) is 10.7. The van der Waals surface area contributed by atoms with Gasteiger partial charge in [0.25, 0.3) is 11.5 Å². The van der Waals surface area contributed by atoms with Gasteiger partial charge < -0.3 is 0 Å². The van der Waals surface area contributed by atoms with Crippen molar-refractivity contribution in [1.29, 1.82) is 0 Å². The molecule has 0 saturated carbocycles. The van der Waals surface area contributed by atoms with E-state index in [2.05, 4.69) is 15.5 Å². The molecular formula is C24H20N4O2S. The maximum atomic E-state index is 13.3. The van der Waals surface area contributed by atoms with Crippen molar-refractivity contribution in [2.24, 2.45) is 5.10 Å². The van der Waals surface area contributed by atoms with Crippen LogP contribution in [0.1, 0.15) is 11.1 Å². The predicted molar refractivity (Wildman–Crippen MR) is 125 cm³/mol. The summed E-state index contributed by atoms with van der Waals surface area (Å²) in [5.74, 6) is -0.210. The molecule has 6 nitrogen and oxygen atoms in total. The number of thioether (sulfide) groups is 1. The molecular weight excluding hydrogens is 408 g/mol. The zero-order valence-corrected chi connectivity index (χ0v) is 17.7. The second kappa shape index (κ2) is 9.40. The summed E-state index contributed by atoms with van der Waals surface area (Å²) < 4.78 is 1.55. The van der Waals surface area contributed by atoms with E-state index in [1.54, 1.807) is 10.8 Å². The average Bonchev–Trinajstić information content (AvgIpc) is 2.79. The van der Waals surface area contributed by atoms with Crippen LogP contribution in [0.3, 0.4) is 0 Å². The van der Waals surface area contributed by atoms with Crippen LogP contribution in [0.5, 0.6) is 0 Å². The first kappa shape index (κ1) is 20.6. The number of hydrazone groups is 1. The largest absolute Gasteiger partial charge is 0.272 e. The normalized spacial score (nSPS) is 11.1. The van der Waals surface area contributed by atoms with Crippen molar-refractivity contribution < 1.29 is 4.79 Å². The lowest BCUT2D eigenvalue weighted by Gasteiger charge is -2.13. The number of aryl methyl sites for hydroxylation is 1. The smallest absolute Gasteiger partial charge is 0.266 e. The Hall–Kier alpha value is -3.71. The number of para-hydroxylation sites is 1. The van der Waals surface area contributed by atoms with Crippen LogP contribution in [0, 0.1) is 6.92 Å². The van der Waals surface area contributed by atoms with E-state index in [4.69, 9.17) is 0 Å². The minimum absolute atomic E-state index is 0.0722. The quantitative estimate of drug-likeness (QED) is 0.218. The first-order valence-electron chi connectivity index (χ1n) is 9.70. The van der Waals surface area contributed by atoms with Crippen molar-refractivity contribution in [3.8, 4) is 5.69 Å². The Morgan fingerprint density at radius 2 is 1.77 bits per heavy atom. The molecule has 1 heterocycles. The van der Waals surface area contributed by atoms with E-state index >= 15 is 0 Å². The highest BCUT2D eigenvalue weighted by Crippen LogP contribution is 2.21. The number of carbonyl (C=O) groups excluding carboxylic acids is 1. The first-order chi connectivity index (χ1) is 15.1. The molecule has 1 N–H and O–H groups in total. The van der Waals surface area contributed by atoms with E-state index in [-0.39, 0.29) is 17.2 Å². The number of aromatic nitrogens is 2. The van der Waals surface area contributed by atoms with Gasteiger partial charge in [-0.05, 0) is 36.8 Å². The molecule has 4 rings (SSSR count). The fourth-order valence-electron chi connectivity index (χ4n) is 3.06. The Balaban J connectivity index is 1.59. The van der Waals surface area contributed by atoms with Crippen molar-refractivity contribution in [1.82, 2.24) is 15.0 Å². The van der Waals surface area contributed by atoms with Gasteiger partial charge in [-0.15, -0.1) is 0 Å². The topological polar surface area (TPSA) is 76.3 Å². The maximum absolute atomic E-state index is 13.3. The van der Waals surface area contributed by atoms with Crippen molar-refractivity contribution >= 4 is 34.8 Å². The maximum Gasteiger partial charge on any atom is 0.266 e. The van der Waals surface area contributed by atoms with Crippen LogP contribution in [-0.4, -0.2) is 27.4 Å². The van der Waals surface area contributed by atoms with Crippen LogP contribution >= 0.6 is 11.8 Å². The lowest BCUT2D eigenvalue weighted by Crippen LogP contribution is -2.24. The zero-order chi connectivity index (χ0) is 21.6. The average molecular weight is 429 g/mol. The summed E-state index contributed by atoms with van der Waals surface area (Å²) in [7, 11) is 0. The molecule has 7 heteroatoms. The molecule has 0 aliphatic carbocycles. The molecule has 0 spiro atoms. The molecule has 31 heavy (non-hydrogen) atoms. The zero-order valence-electron chi connectivity index (χ0n) is 16.9. The summed E-state index contributed by atoms with van der Waals surface area (Å²) in [4.78, 5) is 30.2. The highest BCUT2D eigenvalue weighted by Gasteiger charge is 2.14. The highest BCUT2D eigenvalue weighted by atomic mass is 32.2. The Kier molecular flexibility index (Phi) is 6.24. The lowest BCUT2D eigenvalue weighted by molar-refractivity contribution is -0.118. The van der Waals surface area contributed by atoms with E-state index in [0.29, 0.717) is 21.7 Å². The lowest BCUT2D eigenvalue weighted by atomic mass is 10.1. The Bertz CT molecular complexity index is 1300. The summed E-state index contributed by atoms with van der Waals surface area (Å²) in [6, 6.07) is 24.4. The molecule has 1 amide bonds. The van der Waals surface area contributed by atoms with Gasteiger partial charge in [0.2, 0.25) is 0 Å². The third-order valence-electron chi connectivity index (χ3n) is 4.54. The molecule has 0 saturated heterocycles. The molecule has 0 radical (unpaired) electrons. The van der Waals surface area contributed by atoms with Gasteiger partial charge in [-0.2, -0.15) is 5.10 Å². The van der Waals surface area contributed by atoms with Crippen LogP contribution in [-0.2, 0) is 4.79 Å². The molecule has 0 atom stereocenters. The molecule has 0 aliphatic heterocycles. The summed E-state index contributed by atoms with van der Waals surface area (Å²) in [6.07, 6.45) is 1.58. The molecule has 154 valence electrons. The Morgan fingerprint density at radius 1 is 1.06 bits per heavy atom. The number of benzene rings is 3. The summed E-state index contributed by atoms with van der Waals surface area (Å²) in [5.41, 5.74) is 5.54. The molecule has 0 aliphatic rings. The predicted octanol–water partition coefficient (Wildman–Crippen LogP) is 3.94. The van der Waals surface area contributed by atoms with Crippen LogP contribution < -0.4 is 11.0 Å². The van der Waals surface area contributed by atoms with Gasteiger partial charge in [-0.1, -0.05) is 71.9 Å². The number of rotatable bonds is 6. The fourth-order valence-corrected chi connectivity index (χ4v) is 3.87. The molecule has 0 fully saturated rings. The number of fused-ring (bicyclic) bond motifs is 1. The summed E-state index contributed by atoms with van der Waals surface area (Å²) in [6.45, 7) is 1.94. The third kappa shape index (κ3) is 4.90.